The molecule has 0 saturated heterocycles. The number of hydrogen-bond donors (Lipinski definition) is 1. The highest BCUT2D eigenvalue weighted by Gasteiger charge is 2.18. The Morgan fingerprint density at radius 1 is 1.14 bits per heavy atom. The lowest BCUT2D eigenvalue weighted by molar-refractivity contribution is 0.275. The molecule has 0 spiro atoms. The first-order chi connectivity index (χ1) is 10.7. The van der Waals surface area contributed by atoms with Crippen molar-refractivity contribution >= 4 is 11.3 Å². The van der Waals surface area contributed by atoms with Crippen LogP contribution in [0.25, 0.3) is 5.13 Å². The summed E-state index contributed by atoms with van der Waals surface area (Å²) in [5.41, 5.74) is 2.56. The largest absolute Gasteiger partial charge is 0.390 e. The van der Waals surface area contributed by atoms with Gasteiger partial charge in [-0.3, -0.25) is 0 Å². The fraction of sp³-hybridized carbons (Fsp3) is 0.333. The average Bonchev–Trinajstić information content (AvgIpc) is 3.14. The first-order valence-electron chi connectivity index (χ1n) is 7.11. The molecular weight excluding hydrogens is 298 g/mol. The fourth-order valence-corrected chi connectivity index (χ4v) is 2.94. The molecule has 0 atom stereocenters. The van der Waals surface area contributed by atoms with Crippen LogP contribution in [0.1, 0.15) is 41.7 Å². The Morgan fingerprint density at radius 3 is 2.55 bits per heavy atom. The normalized spacial score (nSPS) is 11.3. The molecule has 1 N–H and O–H groups in total. The summed E-state index contributed by atoms with van der Waals surface area (Å²) in [5.74, 6) is 0.324. The van der Waals surface area contributed by atoms with Crippen molar-refractivity contribution in [3.63, 3.8) is 0 Å². The minimum Gasteiger partial charge on any atom is -0.390 e. The molecule has 0 unspecified atom stereocenters. The molecule has 0 bridgehead atoms. The second kappa shape index (κ2) is 6.33. The third-order valence-corrected chi connectivity index (χ3v) is 4.51. The second-order valence-corrected chi connectivity index (χ2v) is 6.28. The number of nitrogens with zero attached hydrogens (tertiary/aromatic N) is 5. The number of aliphatic hydroxyl groups is 1. The van der Waals surface area contributed by atoms with Gasteiger partial charge in [0, 0.05) is 12.3 Å². The van der Waals surface area contributed by atoms with Gasteiger partial charge in [-0.05, 0) is 5.56 Å². The number of rotatable bonds is 5. The molecule has 3 rings (SSSR count). The second-order valence-electron chi connectivity index (χ2n) is 5.29. The van der Waals surface area contributed by atoms with E-state index in [1.54, 1.807) is 4.68 Å². The van der Waals surface area contributed by atoms with Gasteiger partial charge in [0.1, 0.15) is 10.7 Å². The minimum atomic E-state index is -0.141. The summed E-state index contributed by atoms with van der Waals surface area (Å²) in [6, 6.07) is 10.0. The summed E-state index contributed by atoms with van der Waals surface area (Å²) in [6.07, 6.45) is 0.639. The number of benzene rings is 1. The highest BCUT2D eigenvalue weighted by molar-refractivity contribution is 7.13. The van der Waals surface area contributed by atoms with E-state index < -0.39 is 0 Å². The SMILES string of the molecule is CC(C)c1nnc(-n2nnc(CO)c2Cc2ccccc2)s1. The van der Waals surface area contributed by atoms with E-state index in [-0.39, 0.29) is 6.61 Å². The number of aliphatic hydroxyl groups excluding tert-OH is 1. The van der Waals surface area contributed by atoms with Crippen molar-refractivity contribution in [2.45, 2.75) is 32.8 Å². The average molecular weight is 315 g/mol. The molecule has 0 saturated carbocycles. The van der Waals surface area contributed by atoms with E-state index in [0.29, 0.717) is 23.2 Å². The van der Waals surface area contributed by atoms with Gasteiger partial charge in [-0.2, -0.15) is 4.68 Å². The van der Waals surface area contributed by atoms with E-state index in [0.717, 1.165) is 16.3 Å². The van der Waals surface area contributed by atoms with Crippen LogP contribution in [0.15, 0.2) is 30.3 Å². The van der Waals surface area contributed by atoms with Crippen molar-refractivity contribution in [1.29, 1.82) is 0 Å². The van der Waals surface area contributed by atoms with Gasteiger partial charge < -0.3 is 5.11 Å². The Kier molecular flexibility index (Phi) is 4.26. The summed E-state index contributed by atoms with van der Waals surface area (Å²) in [4.78, 5) is 0. The zero-order valence-corrected chi connectivity index (χ0v) is 13.3. The lowest BCUT2D eigenvalue weighted by Gasteiger charge is -2.04. The minimum absolute atomic E-state index is 0.141. The van der Waals surface area contributed by atoms with E-state index >= 15 is 0 Å². The Balaban J connectivity index is 1.99. The molecule has 114 valence electrons. The maximum Gasteiger partial charge on any atom is 0.234 e. The molecule has 6 nitrogen and oxygen atoms in total. The van der Waals surface area contributed by atoms with Crippen molar-refractivity contribution in [3.05, 3.63) is 52.3 Å². The molecule has 2 aromatic heterocycles. The fourth-order valence-electron chi connectivity index (χ4n) is 2.12. The van der Waals surface area contributed by atoms with Crippen LogP contribution in [0.2, 0.25) is 0 Å². The maximum atomic E-state index is 9.50. The standard InChI is InChI=1S/C15H17N5OS/c1-10(2)14-17-18-15(22-14)20-13(12(9-21)16-19-20)8-11-6-4-3-5-7-11/h3-7,10,21H,8-9H2,1-2H3. The summed E-state index contributed by atoms with van der Waals surface area (Å²) >= 11 is 1.50. The van der Waals surface area contributed by atoms with Crippen LogP contribution >= 0.6 is 11.3 Å². The van der Waals surface area contributed by atoms with Gasteiger partial charge in [0.2, 0.25) is 5.13 Å². The van der Waals surface area contributed by atoms with Gasteiger partial charge in [0.25, 0.3) is 0 Å². The van der Waals surface area contributed by atoms with E-state index in [1.165, 1.54) is 11.3 Å². The van der Waals surface area contributed by atoms with Crippen molar-refractivity contribution in [2.75, 3.05) is 0 Å². The monoisotopic (exact) mass is 315 g/mol. The van der Waals surface area contributed by atoms with Crippen molar-refractivity contribution in [3.8, 4) is 5.13 Å². The lowest BCUT2D eigenvalue weighted by atomic mass is 10.1. The summed E-state index contributed by atoms with van der Waals surface area (Å²) in [7, 11) is 0. The Labute approximate surface area is 132 Å². The van der Waals surface area contributed by atoms with Crippen molar-refractivity contribution < 1.29 is 5.11 Å². The van der Waals surface area contributed by atoms with Gasteiger partial charge in [-0.15, -0.1) is 15.3 Å². The van der Waals surface area contributed by atoms with Crippen LogP contribution < -0.4 is 0 Å². The molecule has 0 aliphatic heterocycles. The van der Waals surface area contributed by atoms with Crippen LogP contribution in [0.3, 0.4) is 0 Å². The van der Waals surface area contributed by atoms with Gasteiger partial charge in [0.05, 0.1) is 12.3 Å². The van der Waals surface area contributed by atoms with Gasteiger partial charge >= 0.3 is 0 Å². The smallest absolute Gasteiger partial charge is 0.234 e. The first-order valence-corrected chi connectivity index (χ1v) is 7.92. The predicted molar refractivity (Wildman–Crippen MR) is 84.1 cm³/mol. The zero-order chi connectivity index (χ0) is 15.5. The molecule has 0 radical (unpaired) electrons. The van der Waals surface area contributed by atoms with E-state index in [9.17, 15) is 5.11 Å². The van der Waals surface area contributed by atoms with E-state index in [2.05, 4.69) is 34.4 Å². The maximum absolute atomic E-state index is 9.50. The summed E-state index contributed by atoms with van der Waals surface area (Å²) in [5, 5.41) is 27.7. The van der Waals surface area contributed by atoms with Crippen LogP contribution in [-0.2, 0) is 13.0 Å². The molecule has 0 amide bonds. The first kappa shape index (κ1) is 14.8. The summed E-state index contributed by atoms with van der Waals surface area (Å²) in [6.45, 7) is 4.02. The highest BCUT2D eigenvalue weighted by atomic mass is 32.1. The van der Waals surface area contributed by atoms with Crippen molar-refractivity contribution in [1.82, 2.24) is 25.2 Å². The van der Waals surface area contributed by atoms with Gasteiger partial charge in [0.15, 0.2) is 0 Å². The molecule has 1 aromatic carbocycles. The molecule has 0 aliphatic carbocycles. The molecule has 2 heterocycles. The number of aromatic nitrogens is 5. The molecule has 22 heavy (non-hydrogen) atoms. The quantitative estimate of drug-likeness (QED) is 0.782. The highest BCUT2D eigenvalue weighted by Crippen LogP contribution is 2.24. The van der Waals surface area contributed by atoms with E-state index in [1.807, 2.05) is 30.3 Å². The Bertz CT molecular complexity index is 750. The lowest BCUT2D eigenvalue weighted by Crippen LogP contribution is -2.04. The predicted octanol–water partition coefficient (Wildman–Crippen LogP) is 2.33. The Morgan fingerprint density at radius 2 is 1.91 bits per heavy atom. The molecular formula is C15H17N5OS. The van der Waals surface area contributed by atoms with E-state index in [4.69, 9.17) is 0 Å². The third-order valence-electron chi connectivity index (χ3n) is 3.31. The van der Waals surface area contributed by atoms with Gasteiger partial charge in [-0.25, -0.2) is 0 Å². The van der Waals surface area contributed by atoms with Crippen LogP contribution in [0.4, 0.5) is 0 Å². The van der Waals surface area contributed by atoms with Crippen LogP contribution in [-0.4, -0.2) is 30.3 Å². The summed E-state index contributed by atoms with van der Waals surface area (Å²) < 4.78 is 1.68. The zero-order valence-electron chi connectivity index (χ0n) is 12.5. The molecule has 0 aliphatic rings. The van der Waals surface area contributed by atoms with Crippen molar-refractivity contribution in [2.24, 2.45) is 0 Å². The Hall–Kier alpha value is -2.12. The van der Waals surface area contributed by atoms with Gasteiger partial charge in [-0.1, -0.05) is 60.7 Å². The molecule has 7 heteroatoms. The molecule has 3 aromatic rings. The van der Waals surface area contributed by atoms with Crippen LogP contribution in [0, 0.1) is 0 Å². The molecule has 0 fully saturated rings. The third kappa shape index (κ3) is 2.90. The topological polar surface area (TPSA) is 76.7 Å². The van der Waals surface area contributed by atoms with Crippen LogP contribution in [0.5, 0.6) is 0 Å². The number of hydrogen-bond acceptors (Lipinski definition) is 6.